The van der Waals surface area contributed by atoms with Gasteiger partial charge in [-0.3, -0.25) is 14.4 Å². The van der Waals surface area contributed by atoms with Crippen LogP contribution in [-0.4, -0.2) is 82.9 Å². The molecule has 0 fully saturated rings. The van der Waals surface area contributed by atoms with Crippen molar-refractivity contribution in [2.45, 2.75) is 107 Å². The number of ether oxygens (including phenoxy) is 5. The van der Waals surface area contributed by atoms with E-state index in [-0.39, 0.29) is 75.4 Å². The van der Waals surface area contributed by atoms with Gasteiger partial charge in [-0.1, -0.05) is 74.5 Å². The molecule has 0 bridgehead atoms. The number of methoxy groups -OCH3 is 1. The lowest BCUT2D eigenvalue weighted by Gasteiger charge is -2.33. The standard InChI is InChI=1S/C34H62O8/c1-26(30(2,3)4)14-18-39-22-34(23-40-19-15-27(35)31(5,6)7,24-41-20-16-28(36)32(8,9)10)25-42-21-17-29(37)33(11,12)38-13/h1,14-25H2,2-13H3. The SMILES string of the molecule is C=C(CCOCC(COCCC(=O)C(C)(C)C)(COCCC(=O)C(C)(C)C)COCCC(=O)C(C)(C)OC)C(C)(C)C. The first-order chi connectivity index (χ1) is 19.1. The molecule has 0 aromatic carbocycles. The fourth-order valence-corrected chi connectivity index (χ4v) is 3.63. The first kappa shape index (κ1) is 40.5. The highest BCUT2D eigenvalue weighted by Gasteiger charge is 2.34. The second-order valence-electron chi connectivity index (χ2n) is 15.0. The van der Waals surface area contributed by atoms with Crippen molar-refractivity contribution in [1.29, 1.82) is 0 Å². The normalized spacial score (nSPS) is 13.3. The van der Waals surface area contributed by atoms with Crippen molar-refractivity contribution in [1.82, 2.24) is 0 Å². The number of Topliss-reactive ketones (excluding diaryl/α,β-unsaturated/α-hetero) is 3. The van der Waals surface area contributed by atoms with E-state index in [1.54, 1.807) is 13.8 Å². The topological polar surface area (TPSA) is 97.4 Å². The maximum Gasteiger partial charge on any atom is 0.166 e. The average Bonchev–Trinajstić information content (AvgIpc) is 2.87. The molecule has 0 spiro atoms. The third-order valence-corrected chi connectivity index (χ3v) is 7.52. The summed E-state index contributed by atoms with van der Waals surface area (Å²) in [5.74, 6) is 0.191. The third-order valence-electron chi connectivity index (χ3n) is 7.52. The smallest absolute Gasteiger partial charge is 0.166 e. The van der Waals surface area contributed by atoms with Crippen molar-refractivity contribution in [2.24, 2.45) is 21.7 Å². The number of ketones is 3. The third kappa shape index (κ3) is 16.4. The van der Waals surface area contributed by atoms with Gasteiger partial charge in [0.2, 0.25) is 0 Å². The van der Waals surface area contributed by atoms with Crippen LogP contribution in [0.15, 0.2) is 12.2 Å². The van der Waals surface area contributed by atoms with Gasteiger partial charge in [0.05, 0.1) is 58.3 Å². The summed E-state index contributed by atoms with van der Waals surface area (Å²) in [5.41, 5.74) is -1.39. The minimum Gasteiger partial charge on any atom is -0.380 e. The summed E-state index contributed by atoms with van der Waals surface area (Å²) >= 11 is 0. The molecule has 0 aliphatic carbocycles. The molecule has 0 rings (SSSR count). The predicted octanol–water partition coefficient (Wildman–Crippen LogP) is 6.43. The Balaban J connectivity index is 5.62. The summed E-state index contributed by atoms with van der Waals surface area (Å²) in [6.07, 6.45) is 1.51. The fraction of sp³-hybridized carbons (Fsp3) is 0.853. The quantitative estimate of drug-likeness (QED) is 0.104. The zero-order valence-electron chi connectivity index (χ0n) is 29.0. The lowest BCUT2D eigenvalue weighted by atomic mass is 9.86. The largest absolute Gasteiger partial charge is 0.380 e. The van der Waals surface area contributed by atoms with E-state index in [4.69, 9.17) is 23.7 Å². The molecule has 0 amide bonds. The van der Waals surface area contributed by atoms with Gasteiger partial charge in [-0.2, -0.15) is 0 Å². The van der Waals surface area contributed by atoms with Crippen LogP contribution in [0.5, 0.6) is 0 Å². The molecule has 0 aromatic heterocycles. The van der Waals surface area contributed by atoms with E-state index in [1.807, 2.05) is 41.5 Å². The monoisotopic (exact) mass is 598 g/mol. The molecule has 0 aromatic rings. The molecular formula is C34H62O8. The molecule has 42 heavy (non-hydrogen) atoms. The molecule has 246 valence electrons. The van der Waals surface area contributed by atoms with Crippen LogP contribution >= 0.6 is 0 Å². The molecular weight excluding hydrogens is 536 g/mol. The van der Waals surface area contributed by atoms with Gasteiger partial charge in [0.1, 0.15) is 17.2 Å². The zero-order chi connectivity index (χ0) is 32.8. The number of hydrogen-bond acceptors (Lipinski definition) is 8. The lowest BCUT2D eigenvalue weighted by Crippen LogP contribution is -2.43. The Morgan fingerprint density at radius 2 is 0.810 bits per heavy atom. The van der Waals surface area contributed by atoms with E-state index in [0.717, 1.165) is 5.57 Å². The minimum atomic E-state index is -0.885. The Morgan fingerprint density at radius 3 is 1.10 bits per heavy atom. The summed E-state index contributed by atoms with van der Waals surface area (Å²) in [7, 11) is 1.51. The highest BCUT2D eigenvalue weighted by Crippen LogP contribution is 2.27. The maximum absolute atomic E-state index is 12.5. The Kier molecular flexibility index (Phi) is 17.1. The van der Waals surface area contributed by atoms with Crippen LogP contribution in [0.25, 0.3) is 0 Å². The second kappa shape index (κ2) is 17.7. The van der Waals surface area contributed by atoms with E-state index in [1.165, 1.54) is 7.11 Å². The van der Waals surface area contributed by atoms with Crippen LogP contribution in [0.3, 0.4) is 0 Å². The van der Waals surface area contributed by atoms with Crippen LogP contribution in [0.4, 0.5) is 0 Å². The molecule has 0 saturated carbocycles. The summed E-state index contributed by atoms with van der Waals surface area (Å²) in [6, 6.07) is 0. The number of hydrogen-bond donors (Lipinski definition) is 0. The second-order valence-corrected chi connectivity index (χ2v) is 15.0. The van der Waals surface area contributed by atoms with Gasteiger partial charge in [0.15, 0.2) is 5.78 Å². The molecule has 0 atom stereocenters. The molecule has 0 heterocycles. The minimum absolute atomic E-state index is 0.0164. The molecule has 8 heteroatoms. The van der Waals surface area contributed by atoms with Crippen LogP contribution < -0.4 is 0 Å². The van der Waals surface area contributed by atoms with Crippen LogP contribution in [-0.2, 0) is 38.1 Å². The van der Waals surface area contributed by atoms with E-state index >= 15 is 0 Å². The Bertz CT molecular complexity index is 769. The zero-order valence-corrected chi connectivity index (χ0v) is 29.0. The van der Waals surface area contributed by atoms with Crippen molar-refractivity contribution in [2.75, 3.05) is 60.0 Å². The van der Waals surface area contributed by atoms with Gasteiger partial charge < -0.3 is 23.7 Å². The molecule has 8 nitrogen and oxygen atoms in total. The molecule has 0 saturated heterocycles. The van der Waals surface area contributed by atoms with Gasteiger partial charge in [0.25, 0.3) is 0 Å². The van der Waals surface area contributed by atoms with Gasteiger partial charge >= 0.3 is 0 Å². The van der Waals surface area contributed by atoms with Crippen molar-refractivity contribution >= 4 is 17.3 Å². The van der Waals surface area contributed by atoms with Gasteiger partial charge in [-0.25, -0.2) is 0 Å². The van der Waals surface area contributed by atoms with E-state index in [0.29, 0.717) is 25.9 Å². The molecule has 0 radical (unpaired) electrons. The number of rotatable bonds is 22. The summed E-state index contributed by atoms with van der Waals surface area (Å²) < 4.78 is 29.6. The Hall–Kier alpha value is -1.45. The van der Waals surface area contributed by atoms with Gasteiger partial charge in [-0.05, 0) is 25.7 Å². The fourth-order valence-electron chi connectivity index (χ4n) is 3.63. The van der Waals surface area contributed by atoms with Crippen molar-refractivity contribution in [3.63, 3.8) is 0 Å². The van der Waals surface area contributed by atoms with E-state index < -0.39 is 21.8 Å². The summed E-state index contributed by atoms with van der Waals surface area (Å²) in [5, 5.41) is 0. The van der Waals surface area contributed by atoms with Crippen molar-refractivity contribution in [3.8, 4) is 0 Å². The van der Waals surface area contributed by atoms with Crippen LogP contribution in [0, 0.1) is 21.7 Å². The molecule has 0 aliphatic heterocycles. The van der Waals surface area contributed by atoms with E-state index in [2.05, 4.69) is 27.4 Å². The summed E-state index contributed by atoms with van der Waals surface area (Å²) in [6.45, 7) is 27.6. The lowest BCUT2D eigenvalue weighted by molar-refractivity contribution is -0.140. The highest BCUT2D eigenvalue weighted by atomic mass is 16.5. The Labute approximate surface area is 256 Å². The van der Waals surface area contributed by atoms with E-state index in [9.17, 15) is 14.4 Å². The molecule has 0 aliphatic rings. The first-order valence-corrected chi connectivity index (χ1v) is 15.2. The van der Waals surface area contributed by atoms with Gasteiger partial charge in [-0.15, -0.1) is 0 Å². The average molecular weight is 599 g/mol. The van der Waals surface area contributed by atoms with Crippen LogP contribution in [0.1, 0.15) is 102 Å². The first-order valence-electron chi connectivity index (χ1n) is 15.2. The Morgan fingerprint density at radius 1 is 0.500 bits per heavy atom. The van der Waals surface area contributed by atoms with Crippen LogP contribution in [0.2, 0.25) is 0 Å². The van der Waals surface area contributed by atoms with Crippen molar-refractivity contribution in [3.05, 3.63) is 12.2 Å². The number of carbonyl (C=O) groups is 3. The highest BCUT2D eigenvalue weighted by molar-refractivity contribution is 5.86. The predicted molar refractivity (Wildman–Crippen MR) is 168 cm³/mol. The molecule has 0 N–H and O–H groups in total. The summed E-state index contributed by atoms with van der Waals surface area (Å²) in [4.78, 5) is 37.4. The number of carbonyl (C=O) groups excluding carboxylic acids is 3. The molecule has 0 unspecified atom stereocenters. The van der Waals surface area contributed by atoms with Crippen molar-refractivity contribution < 1.29 is 38.1 Å². The van der Waals surface area contributed by atoms with Gasteiger partial charge in [0, 0.05) is 37.2 Å². The maximum atomic E-state index is 12.5.